The number of hydrogen-bond acceptors (Lipinski definition) is 4. The molecule has 1 atom stereocenters. The zero-order chi connectivity index (χ0) is 13.0. The molecule has 1 unspecified atom stereocenters. The standard InChI is InChI=1S/C8H10N4S2.C3H8.2ClH/c9-7(10)11-5-3-1-2-4-6(5)12(14)8(11)13;1-3-2;;/h1-4,8,13-14H,(H3,9,10);3H2,1-2H3;2*1H. The van der Waals surface area contributed by atoms with Crippen molar-refractivity contribution in [2.24, 2.45) is 5.73 Å². The van der Waals surface area contributed by atoms with Crippen LogP contribution >= 0.6 is 50.3 Å². The maximum Gasteiger partial charge on any atom is 0.195 e. The lowest BCUT2D eigenvalue weighted by Crippen LogP contribution is -2.43. The number of para-hydroxylation sites is 2. The number of anilines is 2. The molecule has 0 saturated carbocycles. The number of halogens is 2. The van der Waals surface area contributed by atoms with Crippen LogP contribution in [0.3, 0.4) is 0 Å². The Balaban J connectivity index is 0. The van der Waals surface area contributed by atoms with Gasteiger partial charge in [0, 0.05) is 0 Å². The molecular formula is C11H20Cl2N4S2. The van der Waals surface area contributed by atoms with Crippen molar-refractivity contribution in [3.05, 3.63) is 24.3 Å². The summed E-state index contributed by atoms with van der Waals surface area (Å²) in [6.07, 6.45) is 1.25. The highest BCUT2D eigenvalue weighted by atomic mass is 35.5. The number of nitrogens with one attached hydrogen (secondary N) is 1. The molecule has 1 aromatic rings. The molecule has 0 radical (unpaired) electrons. The van der Waals surface area contributed by atoms with Gasteiger partial charge in [0.2, 0.25) is 0 Å². The molecule has 4 nitrogen and oxygen atoms in total. The summed E-state index contributed by atoms with van der Waals surface area (Å²) in [6, 6.07) is 7.60. The molecule has 0 fully saturated rings. The number of fused-ring (bicyclic) bond motifs is 1. The molecule has 0 aliphatic carbocycles. The Morgan fingerprint density at radius 3 is 2.11 bits per heavy atom. The number of rotatable bonds is 0. The Morgan fingerprint density at radius 1 is 1.26 bits per heavy atom. The zero-order valence-electron chi connectivity index (χ0n) is 10.8. The third-order valence-corrected chi connectivity index (χ3v) is 3.18. The summed E-state index contributed by atoms with van der Waals surface area (Å²) in [7, 11) is 0. The van der Waals surface area contributed by atoms with Crippen LogP contribution in [0.15, 0.2) is 24.3 Å². The van der Waals surface area contributed by atoms with Gasteiger partial charge in [0.05, 0.1) is 11.4 Å². The largest absolute Gasteiger partial charge is 0.370 e. The van der Waals surface area contributed by atoms with Crippen LogP contribution in [-0.2, 0) is 0 Å². The topological polar surface area (TPSA) is 56.4 Å². The number of nitrogens with zero attached hydrogens (tertiary/aromatic N) is 2. The Morgan fingerprint density at radius 2 is 1.68 bits per heavy atom. The quantitative estimate of drug-likeness (QED) is 0.331. The van der Waals surface area contributed by atoms with E-state index in [2.05, 4.69) is 39.3 Å². The first kappa shape index (κ1) is 20.9. The molecular weight excluding hydrogens is 323 g/mol. The average Bonchev–Trinajstić information content (AvgIpc) is 2.53. The van der Waals surface area contributed by atoms with E-state index in [4.69, 9.17) is 11.1 Å². The van der Waals surface area contributed by atoms with E-state index in [-0.39, 0.29) is 36.3 Å². The van der Waals surface area contributed by atoms with Gasteiger partial charge in [-0.15, -0.1) is 37.4 Å². The predicted molar refractivity (Wildman–Crippen MR) is 95.5 cm³/mol. The number of benzene rings is 1. The van der Waals surface area contributed by atoms with Crippen molar-refractivity contribution in [3.63, 3.8) is 0 Å². The molecule has 110 valence electrons. The maximum absolute atomic E-state index is 7.44. The SMILES string of the molecule is CCC.Cl.Cl.N=C(N)N1c2ccccc2N(S)C1S. The van der Waals surface area contributed by atoms with E-state index >= 15 is 0 Å². The molecule has 0 amide bonds. The van der Waals surface area contributed by atoms with E-state index in [1.54, 1.807) is 9.21 Å². The van der Waals surface area contributed by atoms with E-state index in [9.17, 15) is 0 Å². The monoisotopic (exact) mass is 342 g/mol. The third-order valence-electron chi connectivity index (χ3n) is 2.10. The Labute approximate surface area is 138 Å². The van der Waals surface area contributed by atoms with Crippen LogP contribution < -0.4 is 14.9 Å². The lowest BCUT2D eigenvalue weighted by Gasteiger charge is -2.23. The van der Waals surface area contributed by atoms with Gasteiger partial charge in [0.25, 0.3) is 0 Å². The molecule has 0 bridgehead atoms. The highest BCUT2D eigenvalue weighted by Gasteiger charge is 2.33. The van der Waals surface area contributed by atoms with Gasteiger partial charge in [-0.05, 0) is 12.1 Å². The minimum Gasteiger partial charge on any atom is -0.370 e. The van der Waals surface area contributed by atoms with Crippen molar-refractivity contribution in [1.29, 1.82) is 5.41 Å². The van der Waals surface area contributed by atoms with Crippen molar-refractivity contribution < 1.29 is 0 Å². The van der Waals surface area contributed by atoms with Crippen molar-refractivity contribution in [1.82, 2.24) is 0 Å². The molecule has 1 aliphatic rings. The van der Waals surface area contributed by atoms with Gasteiger partial charge in [-0.25, -0.2) is 0 Å². The Kier molecular flexibility index (Phi) is 10.4. The molecule has 0 saturated heterocycles. The highest BCUT2D eigenvalue weighted by Crippen LogP contribution is 2.41. The third kappa shape index (κ3) is 4.56. The summed E-state index contributed by atoms with van der Waals surface area (Å²) in [5, 5.41) is 7.44. The highest BCUT2D eigenvalue weighted by molar-refractivity contribution is 7.86. The summed E-state index contributed by atoms with van der Waals surface area (Å²) in [6.45, 7) is 4.25. The van der Waals surface area contributed by atoms with E-state index in [1.165, 1.54) is 6.42 Å². The van der Waals surface area contributed by atoms with Gasteiger partial charge in [-0.3, -0.25) is 14.6 Å². The van der Waals surface area contributed by atoms with Gasteiger partial charge >= 0.3 is 0 Å². The van der Waals surface area contributed by atoms with Crippen LogP contribution in [0, 0.1) is 5.41 Å². The summed E-state index contributed by atoms with van der Waals surface area (Å²) in [5.41, 5.74) is 6.90. The number of hydrogen-bond donors (Lipinski definition) is 4. The molecule has 1 aliphatic heterocycles. The molecule has 1 heterocycles. The van der Waals surface area contributed by atoms with Gasteiger partial charge in [-0.1, -0.05) is 45.2 Å². The summed E-state index contributed by atoms with van der Waals surface area (Å²) >= 11 is 8.60. The van der Waals surface area contributed by atoms with Crippen LogP contribution in [0.4, 0.5) is 11.4 Å². The second kappa shape index (κ2) is 9.47. The lowest BCUT2D eigenvalue weighted by molar-refractivity contribution is 0.995. The average molecular weight is 343 g/mol. The molecule has 19 heavy (non-hydrogen) atoms. The maximum atomic E-state index is 7.44. The fraction of sp³-hybridized carbons (Fsp3) is 0.364. The van der Waals surface area contributed by atoms with Gasteiger partial charge in [-0.2, -0.15) is 0 Å². The van der Waals surface area contributed by atoms with E-state index < -0.39 is 0 Å². The Bertz CT molecular complexity index is 406. The van der Waals surface area contributed by atoms with Crippen molar-refractivity contribution in [2.75, 3.05) is 9.21 Å². The Hall–Kier alpha value is -0.430. The molecule has 8 heteroatoms. The fourth-order valence-electron chi connectivity index (χ4n) is 1.47. The molecule has 2 rings (SSSR count). The smallest absolute Gasteiger partial charge is 0.195 e. The normalized spacial score (nSPS) is 15.5. The second-order valence-corrected chi connectivity index (χ2v) is 4.53. The summed E-state index contributed by atoms with van der Waals surface area (Å²) < 4.78 is 1.67. The molecule has 1 aromatic carbocycles. The molecule has 3 N–H and O–H groups in total. The first-order valence-corrected chi connectivity index (χ1v) is 6.34. The predicted octanol–water partition coefficient (Wildman–Crippen LogP) is 3.52. The summed E-state index contributed by atoms with van der Waals surface area (Å²) in [4.78, 5) is 1.60. The first-order chi connectivity index (χ1) is 8.04. The van der Waals surface area contributed by atoms with Gasteiger partial charge in [0.1, 0.15) is 0 Å². The minimum atomic E-state index is -0.326. The van der Waals surface area contributed by atoms with Crippen LogP contribution in [0.2, 0.25) is 0 Å². The second-order valence-electron chi connectivity index (χ2n) is 3.64. The number of thiol groups is 2. The van der Waals surface area contributed by atoms with Crippen LogP contribution in [-0.4, -0.2) is 11.5 Å². The van der Waals surface area contributed by atoms with Crippen LogP contribution in [0.5, 0.6) is 0 Å². The van der Waals surface area contributed by atoms with E-state index in [0.717, 1.165) is 11.4 Å². The molecule has 0 spiro atoms. The van der Waals surface area contributed by atoms with Crippen molar-refractivity contribution in [3.8, 4) is 0 Å². The van der Waals surface area contributed by atoms with E-state index in [1.807, 2.05) is 24.3 Å². The fourth-order valence-corrected chi connectivity index (χ4v) is 2.12. The van der Waals surface area contributed by atoms with Gasteiger partial charge < -0.3 is 5.73 Å². The number of nitrogens with two attached hydrogens (primary N) is 1. The lowest BCUT2D eigenvalue weighted by atomic mass is 10.3. The van der Waals surface area contributed by atoms with Gasteiger partial charge in [0.15, 0.2) is 11.5 Å². The molecule has 0 aromatic heterocycles. The van der Waals surface area contributed by atoms with Crippen LogP contribution in [0.25, 0.3) is 0 Å². The van der Waals surface area contributed by atoms with Crippen molar-refractivity contribution >= 4 is 67.6 Å². The first-order valence-electron chi connectivity index (χ1n) is 5.43. The van der Waals surface area contributed by atoms with Crippen LogP contribution in [0.1, 0.15) is 20.3 Å². The summed E-state index contributed by atoms with van der Waals surface area (Å²) in [5.74, 6) is -0.0333. The number of guanidine groups is 1. The zero-order valence-corrected chi connectivity index (χ0v) is 14.2. The minimum absolute atomic E-state index is 0. The van der Waals surface area contributed by atoms with E-state index in [0.29, 0.717) is 0 Å². The van der Waals surface area contributed by atoms with Crippen molar-refractivity contribution in [2.45, 2.75) is 25.8 Å².